The van der Waals surface area contributed by atoms with Crippen LogP contribution in [-0.2, 0) is 16.1 Å². The number of nitrogens with zero attached hydrogens (tertiary/aromatic N) is 1. The Morgan fingerprint density at radius 1 is 1.41 bits per heavy atom. The van der Waals surface area contributed by atoms with Gasteiger partial charge in [-0.05, 0) is 24.1 Å². The second-order valence-corrected chi connectivity index (χ2v) is 5.51. The van der Waals surface area contributed by atoms with Gasteiger partial charge in [0, 0.05) is 25.6 Å². The first-order valence-electron chi connectivity index (χ1n) is 5.70. The maximum absolute atomic E-state index is 11.8. The minimum absolute atomic E-state index is 0.0910. The summed E-state index contributed by atoms with van der Waals surface area (Å²) in [6.45, 7) is 1.51. The van der Waals surface area contributed by atoms with Crippen LogP contribution in [-0.4, -0.2) is 36.8 Å². The molecule has 0 spiro atoms. The van der Waals surface area contributed by atoms with Crippen molar-refractivity contribution < 1.29 is 9.53 Å². The fraction of sp³-hybridized carbons (Fsp3) is 0.462. The highest BCUT2D eigenvalue weighted by Crippen LogP contribution is 2.30. The number of carbonyl (C=O) groups excluding carboxylic acids is 1. The van der Waals surface area contributed by atoms with Crippen LogP contribution in [0, 0.1) is 0 Å². The summed E-state index contributed by atoms with van der Waals surface area (Å²) in [6.07, 6.45) is 0.944. The van der Waals surface area contributed by atoms with E-state index in [0.717, 1.165) is 23.4 Å². The van der Waals surface area contributed by atoms with E-state index in [9.17, 15) is 4.79 Å². The van der Waals surface area contributed by atoms with Gasteiger partial charge in [0.15, 0.2) is 0 Å². The molecule has 4 heteroatoms. The van der Waals surface area contributed by atoms with Crippen LogP contribution in [0.3, 0.4) is 0 Å². The van der Waals surface area contributed by atoms with E-state index in [1.807, 2.05) is 7.05 Å². The van der Waals surface area contributed by atoms with Crippen LogP contribution in [0.4, 0.5) is 0 Å². The molecule has 0 bridgehead atoms. The summed E-state index contributed by atoms with van der Waals surface area (Å²) in [4.78, 5) is 14.7. The lowest BCUT2D eigenvalue weighted by Crippen LogP contribution is -2.23. The largest absolute Gasteiger partial charge is 0.380 e. The third kappa shape index (κ3) is 3.01. The Hall–Kier alpha value is -1.00. The maximum Gasteiger partial charge on any atom is 0.235 e. The molecule has 1 amide bonds. The molecule has 1 atom stereocenters. The number of thioether (sulfide) groups is 1. The molecule has 0 aliphatic carbocycles. The molecule has 0 radical (unpaired) electrons. The molecule has 17 heavy (non-hydrogen) atoms. The number of methoxy groups -OCH3 is 1. The molecule has 1 unspecified atom stereocenters. The minimum Gasteiger partial charge on any atom is -0.380 e. The molecule has 0 aromatic heterocycles. The maximum atomic E-state index is 11.8. The highest BCUT2D eigenvalue weighted by Gasteiger charge is 2.29. The average molecular weight is 251 g/mol. The number of benzene rings is 1. The number of amides is 1. The smallest absolute Gasteiger partial charge is 0.235 e. The average Bonchev–Trinajstić information content (AvgIpc) is 2.64. The van der Waals surface area contributed by atoms with E-state index >= 15 is 0 Å². The molecule has 1 aliphatic heterocycles. The summed E-state index contributed by atoms with van der Waals surface area (Å²) in [5.74, 6) is 0.246. The summed E-state index contributed by atoms with van der Waals surface area (Å²) in [6, 6.07) is 8.22. The number of ether oxygens (including phenoxy) is 1. The zero-order valence-electron chi connectivity index (χ0n) is 10.2. The molecule has 1 aromatic carbocycles. The number of carbonyl (C=O) groups is 1. The van der Waals surface area contributed by atoms with Gasteiger partial charge in [-0.2, -0.15) is 0 Å². The Morgan fingerprint density at radius 2 is 2.12 bits per heavy atom. The van der Waals surface area contributed by atoms with Gasteiger partial charge in [0.2, 0.25) is 5.91 Å². The van der Waals surface area contributed by atoms with Crippen LogP contribution >= 0.6 is 11.8 Å². The number of likely N-dealkylation sites (tertiary alicyclic amines) is 1. The SMILES string of the molecule is COCc1ccc(SC2CCN(C)C2=O)cc1. The fourth-order valence-corrected chi connectivity index (χ4v) is 3.02. The second-order valence-electron chi connectivity index (χ2n) is 4.23. The first-order valence-corrected chi connectivity index (χ1v) is 6.58. The van der Waals surface area contributed by atoms with Crippen LogP contribution in [0.5, 0.6) is 0 Å². The highest BCUT2D eigenvalue weighted by atomic mass is 32.2. The molecular formula is C13H17NO2S. The molecule has 1 saturated heterocycles. The summed E-state index contributed by atoms with van der Waals surface area (Å²) < 4.78 is 5.06. The van der Waals surface area contributed by atoms with E-state index in [4.69, 9.17) is 4.74 Å². The van der Waals surface area contributed by atoms with Crippen molar-refractivity contribution in [3.05, 3.63) is 29.8 Å². The summed E-state index contributed by atoms with van der Waals surface area (Å²) >= 11 is 1.66. The van der Waals surface area contributed by atoms with Crippen molar-refractivity contribution in [2.24, 2.45) is 0 Å². The zero-order chi connectivity index (χ0) is 12.3. The molecule has 1 aromatic rings. The van der Waals surface area contributed by atoms with Gasteiger partial charge in [-0.1, -0.05) is 12.1 Å². The molecule has 1 aliphatic rings. The predicted octanol–water partition coefficient (Wildman–Crippen LogP) is 2.16. The van der Waals surface area contributed by atoms with Crippen molar-refractivity contribution in [1.29, 1.82) is 0 Å². The Balaban J connectivity index is 1.97. The van der Waals surface area contributed by atoms with E-state index in [1.54, 1.807) is 23.8 Å². The van der Waals surface area contributed by atoms with Crippen LogP contribution in [0.2, 0.25) is 0 Å². The lowest BCUT2D eigenvalue weighted by Gasteiger charge is -2.10. The van der Waals surface area contributed by atoms with E-state index in [1.165, 1.54) is 0 Å². The molecular weight excluding hydrogens is 234 g/mol. The van der Waals surface area contributed by atoms with Crippen molar-refractivity contribution >= 4 is 17.7 Å². The summed E-state index contributed by atoms with van der Waals surface area (Å²) in [7, 11) is 3.56. The zero-order valence-corrected chi connectivity index (χ0v) is 11.0. The first-order chi connectivity index (χ1) is 8.20. The number of rotatable bonds is 4. The van der Waals surface area contributed by atoms with Crippen LogP contribution in [0.1, 0.15) is 12.0 Å². The summed E-state index contributed by atoms with van der Waals surface area (Å²) in [5.41, 5.74) is 1.16. The van der Waals surface area contributed by atoms with Crippen molar-refractivity contribution in [1.82, 2.24) is 4.90 Å². The Morgan fingerprint density at radius 3 is 2.65 bits per heavy atom. The molecule has 92 valence electrons. The van der Waals surface area contributed by atoms with Gasteiger partial charge in [-0.3, -0.25) is 4.79 Å². The normalized spacial score (nSPS) is 20.0. The van der Waals surface area contributed by atoms with Gasteiger partial charge in [0.1, 0.15) is 0 Å². The van der Waals surface area contributed by atoms with E-state index in [0.29, 0.717) is 6.61 Å². The van der Waals surface area contributed by atoms with Crippen LogP contribution in [0.25, 0.3) is 0 Å². The third-order valence-corrected chi connectivity index (χ3v) is 4.16. The molecule has 1 fully saturated rings. The second kappa shape index (κ2) is 5.56. The molecule has 0 N–H and O–H groups in total. The Bertz CT molecular complexity index is 391. The minimum atomic E-state index is 0.0910. The standard InChI is InChI=1S/C13H17NO2S/c1-14-8-7-12(13(14)15)17-11-5-3-10(4-6-11)9-16-2/h3-6,12H,7-9H2,1-2H3. The molecule has 2 rings (SSSR count). The van der Waals surface area contributed by atoms with E-state index in [-0.39, 0.29) is 11.2 Å². The van der Waals surface area contributed by atoms with E-state index < -0.39 is 0 Å². The predicted molar refractivity (Wildman–Crippen MR) is 69.1 cm³/mol. The third-order valence-electron chi connectivity index (χ3n) is 2.89. The van der Waals surface area contributed by atoms with Gasteiger partial charge in [0.25, 0.3) is 0 Å². The van der Waals surface area contributed by atoms with Gasteiger partial charge < -0.3 is 9.64 Å². The van der Waals surface area contributed by atoms with E-state index in [2.05, 4.69) is 24.3 Å². The van der Waals surface area contributed by atoms with Crippen LogP contribution in [0.15, 0.2) is 29.2 Å². The van der Waals surface area contributed by atoms with Crippen molar-refractivity contribution in [2.45, 2.75) is 23.2 Å². The first kappa shape index (κ1) is 12.5. The van der Waals surface area contributed by atoms with Gasteiger partial charge in [0.05, 0.1) is 11.9 Å². The van der Waals surface area contributed by atoms with Crippen LogP contribution < -0.4 is 0 Å². The lowest BCUT2D eigenvalue weighted by molar-refractivity contribution is -0.126. The number of hydrogen-bond acceptors (Lipinski definition) is 3. The van der Waals surface area contributed by atoms with Crippen molar-refractivity contribution in [3.63, 3.8) is 0 Å². The van der Waals surface area contributed by atoms with Gasteiger partial charge in [-0.25, -0.2) is 0 Å². The monoisotopic (exact) mass is 251 g/mol. The lowest BCUT2D eigenvalue weighted by atomic mass is 10.2. The highest BCUT2D eigenvalue weighted by molar-refractivity contribution is 8.00. The Kier molecular flexibility index (Phi) is 4.07. The number of hydrogen-bond donors (Lipinski definition) is 0. The quantitative estimate of drug-likeness (QED) is 0.821. The van der Waals surface area contributed by atoms with Crippen molar-refractivity contribution in [3.8, 4) is 0 Å². The molecule has 0 saturated carbocycles. The molecule has 1 heterocycles. The fourth-order valence-electron chi connectivity index (χ4n) is 1.89. The van der Waals surface area contributed by atoms with Crippen molar-refractivity contribution in [2.75, 3.05) is 20.7 Å². The summed E-state index contributed by atoms with van der Waals surface area (Å²) in [5, 5.41) is 0.0910. The van der Waals surface area contributed by atoms with Gasteiger partial charge >= 0.3 is 0 Å². The van der Waals surface area contributed by atoms with Gasteiger partial charge in [-0.15, -0.1) is 11.8 Å². The topological polar surface area (TPSA) is 29.5 Å². The Labute approximate surface area is 106 Å². The molecule has 3 nitrogen and oxygen atoms in total.